The Morgan fingerprint density at radius 1 is 0.769 bits per heavy atom. The maximum absolute atomic E-state index is 5.60. The molecule has 2 saturated heterocycles. The fraction of sp³-hybridized carbons (Fsp3) is 0.524. The van der Waals surface area contributed by atoms with Crippen molar-refractivity contribution in [2.75, 3.05) is 31.9 Å². The molecular formula is C21H31N5. The molecule has 2 fully saturated rings. The summed E-state index contributed by atoms with van der Waals surface area (Å²) in [6.45, 7) is 8.93. The number of aryl methyl sites for hydroxylation is 1. The van der Waals surface area contributed by atoms with Crippen LogP contribution in [0.1, 0.15) is 42.8 Å². The second-order valence-electron chi connectivity index (χ2n) is 7.29. The topological polar surface area (TPSA) is 58.3 Å². The lowest BCUT2D eigenvalue weighted by atomic mass is 10.3. The van der Waals surface area contributed by atoms with Crippen LogP contribution in [0.2, 0.25) is 0 Å². The highest BCUT2D eigenvalue weighted by atomic mass is 15.1. The molecule has 0 aliphatic carbocycles. The molecule has 2 aliphatic rings. The standard InChI is InChI=1S/C11H16N2.C10H15N3/c1-10-5-4-6-11(12-10)9-13-7-2-3-8-13;11-10-5-3-4-9(12-10)8-13-6-1-2-7-13/h4-6H,2-3,7-9H2,1H3;3-5H,1-2,6-8H2,(H2,11,12). The summed E-state index contributed by atoms with van der Waals surface area (Å²) in [7, 11) is 0. The minimum Gasteiger partial charge on any atom is -0.384 e. The van der Waals surface area contributed by atoms with E-state index in [0.29, 0.717) is 5.82 Å². The van der Waals surface area contributed by atoms with Crippen LogP contribution in [-0.4, -0.2) is 45.9 Å². The lowest BCUT2D eigenvalue weighted by molar-refractivity contribution is 0.327. The van der Waals surface area contributed by atoms with Crippen LogP contribution in [-0.2, 0) is 13.1 Å². The molecule has 0 saturated carbocycles. The van der Waals surface area contributed by atoms with Gasteiger partial charge in [0, 0.05) is 18.8 Å². The minimum absolute atomic E-state index is 0.622. The van der Waals surface area contributed by atoms with Crippen LogP contribution in [0, 0.1) is 6.92 Å². The molecule has 2 N–H and O–H groups in total. The molecule has 4 heterocycles. The maximum Gasteiger partial charge on any atom is 0.123 e. The van der Waals surface area contributed by atoms with Gasteiger partial charge in [-0.1, -0.05) is 12.1 Å². The summed E-state index contributed by atoms with van der Waals surface area (Å²) in [5, 5.41) is 0. The van der Waals surface area contributed by atoms with Crippen molar-refractivity contribution in [3.05, 3.63) is 53.5 Å². The van der Waals surface area contributed by atoms with E-state index in [4.69, 9.17) is 5.73 Å². The van der Waals surface area contributed by atoms with Crippen molar-refractivity contribution in [1.29, 1.82) is 0 Å². The molecule has 0 bridgehead atoms. The molecule has 4 rings (SSSR count). The molecule has 2 aromatic heterocycles. The van der Waals surface area contributed by atoms with E-state index in [0.717, 1.165) is 24.5 Å². The van der Waals surface area contributed by atoms with Gasteiger partial charge in [-0.25, -0.2) is 4.98 Å². The van der Waals surface area contributed by atoms with Gasteiger partial charge in [-0.3, -0.25) is 14.8 Å². The van der Waals surface area contributed by atoms with Gasteiger partial charge in [-0.15, -0.1) is 0 Å². The van der Waals surface area contributed by atoms with E-state index in [1.807, 2.05) is 31.2 Å². The van der Waals surface area contributed by atoms with Gasteiger partial charge in [0.05, 0.1) is 11.4 Å². The first kappa shape index (κ1) is 18.8. The fourth-order valence-electron chi connectivity index (χ4n) is 3.61. The number of pyridine rings is 2. The zero-order valence-corrected chi connectivity index (χ0v) is 15.9. The third-order valence-electron chi connectivity index (χ3n) is 4.94. The molecular weight excluding hydrogens is 322 g/mol. The van der Waals surface area contributed by atoms with E-state index < -0.39 is 0 Å². The molecule has 0 atom stereocenters. The van der Waals surface area contributed by atoms with Crippen molar-refractivity contribution < 1.29 is 0 Å². The molecule has 5 nitrogen and oxygen atoms in total. The molecule has 140 valence electrons. The van der Waals surface area contributed by atoms with Gasteiger partial charge in [-0.05, 0) is 83.1 Å². The molecule has 2 aliphatic heterocycles. The van der Waals surface area contributed by atoms with Gasteiger partial charge in [0.15, 0.2) is 0 Å². The normalized spacial score (nSPS) is 17.9. The van der Waals surface area contributed by atoms with E-state index in [2.05, 4.69) is 31.9 Å². The Kier molecular flexibility index (Phi) is 6.97. The molecule has 5 heteroatoms. The number of hydrogen-bond donors (Lipinski definition) is 1. The van der Waals surface area contributed by atoms with Crippen molar-refractivity contribution in [3.63, 3.8) is 0 Å². The Labute approximate surface area is 157 Å². The Balaban J connectivity index is 0.000000151. The van der Waals surface area contributed by atoms with E-state index in [9.17, 15) is 0 Å². The number of nitrogens with zero attached hydrogens (tertiary/aromatic N) is 4. The number of aromatic nitrogens is 2. The zero-order valence-electron chi connectivity index (χ0n) is 15.9. The summed E-state index contributed by atoms with van der Waals surface area (Å²) in [5.41, 5.74) is 9.02. The molecule has 0 aromatic carbocycles. The van der Waals surface area contributed by atoms with E-state index in [1.165, 1.54) is 57.6 Å². The lowest BCUT2D eigenvalue weighted by Crippen LogP contribution is -2.19. The number of anilines is 1. The molecule has 0 amide bonds. The maximum atomic E-state index is 5.60. The van der Waals surface area contributed by atoms with Crippen molar-refractivity contribution in [1.82, 2.24) is 19.8 Å². The zero-order chi connectivity index (χ0) is 18.2. The average molecular weight is 354 g/mol. The molecule has 0 unspecified atom stereocenters. The van der Waals surface area contributed by atoms with E-state index >= 15 is 0 Å². The third kappa shape index (κ3) is 6.07. The monoisotopic (exact) mass is 353 g/mol. The number of likely N-dealkylation sites (tertiary alicyclic amines) is 2. The Morgan fingerprint density at radius 3 is 1.77 bits per heavy atom. The number of rotatable bonds is 4. The van der Waals surface area contributed by atoms with Gasteiger partial charge in [0.1, 0.15) is 5.82 Å². The molecule has 2 aromatic rings. The predicted molar refractivity (Wildman–Crippen MR) is 107 cm³/mol. The van der Waals surface area contributed by atoms with E-state index in [-0.39, 0.29) is 0 Å². The Morgan fingerprint density at radius 2 is 1.27 bits per heavy atom. The Bertz CT molecular complexity index is 616. The SMILES string of the molecule is Cc1cccc(CN2CCCC2)n1.Nc1cccc(CN2CCCC2)n1. The van der Waals surface area contributed by atoms with Crippen LogP contribution in [0.4, 0.5) is 5.82 Å². The molecule has 26 heavy (non-hydrogen) atoms. The highest BCUT2D eigenvalue weighted by Gasteiger charge is 2.12. The summed E-state index contributed by atoms with van der Waals surface area (Å²) in [6.07, 6.45) is 5.35. The summed E-state index contributed by atoms with van der Waals surface area (Å²) in [4.78, 5) is 13.7. The highest BCUT2D eigenvalue weighted by Crippen LogP contribution is 2.12. The smallest absolute Gasteiger partial charge is 0.123 e. The summed E-state index contributed by atoms with van der Waals surface area (Å²) in [5.74, 6) is 0.622. The first-order valence-electron chi connectivity index (χ1n) is 9.78. The Hall–Kier alpha value is -1.98. The second kappa shape index (κ2) is 9.64. The summed E-state index contributed by atoms with van der Waals surface area (Å²) < 4.78 is 0. The van der Waals surface area contributed by atoms with Crippen LogP contribution in [0.3, 0.4) is 0 Å². The number of nitrogens with two attached hydrogens (primary N) is 1. The van der Waals surface area contributed by atoms with Gasteiger partial charge >= 0.3 is 0 Å². The van der Waals surface area contributed by atoms with Gasteiger partial charge in [-0.2, -0.15) is 0 Å². The van der Waals surface area contributed by atoms with Crippen LogP contribution in [0.25, 0.3) is 0 Å². The van der Waals surface area contributed by atoms with Gasteiger partial charge < -0.3 is 5.73 Å². The first-order chi connectivity index (χ1) is 12.7. The quantitative estimate of drug-likeness (QED) is 0.914. The summed E-state index contributed by atoms with van der Waals surface area (Å²) >= 11 is 0. The fourth-order valence-corrected chi connectivity index (χ4v) is 3.61. The van der Waals surface area contributed by atoms with Gasteiger partial charge in [0.2, 0.25) is 0 Å². The molecule has 0 spiro atoms. The third-order valence-corrected chi connectivity index (χ3v) is 4.94. The number of hydrogen-bond acceptors (Lipinski definition) is 5. The van der Waals surface area contributed by atoms with E-state index in [1.54, 1.807) is 0 Å². The van der Waals surface area contributed by atoms with Crippen LogP contribution in [0.15, 0.2) is 36.4 Å². The van der Waals surface area contributed by atoms with Crippen molar-refractivity contribution >= 4 is 5.82 Å². The molecule has 0 radical (unpaired) electrons. The van der Waals surface area contributed by atoms with Crippen LogP contribution in [0.5, 0.6) is 0 Å². The lowest BCUT2D eigenvalue weighted by Gasteiger charge is -2.13. The average Bonchev–Trinajstić information content (AvgIpc) is 3.30. The minimum atomic E-state index is 0.622. The highest BCUT2D eigenvalue weighted by molar-refractivity contribution is 5.28. The predicted octanol–water partition coefficient (Wildman–Crippen LogP) is 3.25. The van der Waals surface area contributed by atoms with Gasteiger partial charge in [0.25, 0.3) is 0 Å². The van der Waals surface area contributed by atoms with Crippen LogP contribution < -0.4 is 5.73 Å². The van der Waals surface area contributed by atoms with Crippen molar-refractivity contribution in [2.24, 2.45) is 0 Å². The van der Waals surface area contributed by atoms with Crippen molar-refractivity contribution in [2.45, 2.75) is 45.7 Å². The van der Waals surface area contributed by atoms with Crippen LogP contribution >= 0.6 is 0 Å². The second-order valence-corrected chi connectivity index (χ2v) is 7.29. The summed E-state index contributed by atoms with van der Waals surface area (Å²) in [6, 6.07) is 12.1. The largest absolute Gasteiger partial charge is 0.384 e. The van der Waals surface area contributed by atoms with Crippen molar-refractivity contribution in [3.8, 4) is 0 Å². The first-order valence-corrected chi connectivity index (χ1v) is 9.78. The number of nitrogen functional groups attached to an aromatic ring is 1.